The summed E-state index contributed by atoms with van der Waals surface area (Å²) in [5.74, 6) is -0.948. The Morgan fingerprint density at radius 1 is 1.00 bits per heavy atom. The fourth-order valence-electron chi connectivity index (χ4n) is 2.40. The molecule has 28 heavy (non-hydrogen) atoms. The number of benzene rings is 2. The van der Waals surface area contributed by atoms with Crippen LogP contribution in [0.3, 0.4) is 0 Å². The first-order chi connectivity index (χ1) is 13.1. The van der Waals surface area contributed by atoms with Crippen LogP contribution in [-0.2, 0) is 24.7 Å². The Bertz CT molecular complexity index is 1020. The van der Waals surface area contributed by atoms with E-state index in [-0.39, 0.29) is 17.1 Å². The van der Waals surface area contributed by atoms with Gasteiger partial charge in [0.05, 0.1) is 16.3 Å². The first-order valence-corrected chi connectivity index (χ1v) is 13.1. The van der Waals surface area contributed by atoms with E-state index < -0.39 is 31.8 Å². The van der Waals surface area contributed by atoms with Crippen LogP contribution in [-0.4, -0.2) is 47.0 Å². The minimum absolute atomic E-state index is 0.00308. The second-order valence-electron chi connectivity index (χ2n) is 6.10. The van der Waals surface area contributed by atoms with Gasteiger partial charge in [0.15, 0.2) is 0 Å². The zero-order valence-electron chi connectivity index (χ0n) is 15.5. The van der Waals surface area contributed by atoms with Crippen LogP contribution in [0.2, 0.25) is 0 Å². The van der Waals surface area contributed by atoms with E-state index in [1.54, 1.807) is 30.3 Å². The summed E-state index contributed by atoms with van der Waals surface area (Å²) in [6.45, 7) is 0. The highest BCUT2D eigenvalue weighted by atomic mass is 32.2. The second-order valence-corrected chi connectivity index (χ2v) is 10.9. The zero-order chi connectivity index (χ0) is 20.8. The van der Waals surface area contributed by atoms with Gasteiger partial charge in [-0.2, -0.15) is 4.72 Å². The highest BCUT2D eigenvalue weighted by molar-refractivity contribution is 7.98. The van der Waals surface area contributed by atoms with Crippen molar-refractivity contribution in [3.8, 4) is 0 Å². The molecule has 0 unspecified atom stereocenters. The number of hydrogen-bond acceptors (Lipinski definition) is 6. The van der Waals surface area contributed by atoms with Gasteiger partial charge >= 0.3 is 0 Å². The van der Waals surface area contributed by atoms with Crippen molar-refractivity contribution >= 4 is 43.2 Å². The molecule has 0 saturated heterocycles. The van der Waals surface area contributed by atoms with Gasteiger partial charge in [-0.3, -0.25) is 4.79 Å². The van der Waals surface area contributed by atoms with E-state index in [1.165, 1.54) is 23.9 Å². The SMILES string of the molecule is CSc1ccccc1NC(=O)[C@@H](CCS(C)(=O)=O)NS(=O)(=O)c1ccccc1. The van der Waals surface area contributed by atoms with Crippen molar-refractivity contribution in [2.75, 3.05) is 23.6 Å². The monoisotopic (exact) mass is 442 g/mol. The number of anilines is 1. The van der Waals surface area contributed by atoms with Crippen LogP contribution >= 0.6 is 11.8 Å². The van der Waals surface area contributed by atoms with Crippen molar-refractivity contribution in [1.82, 2.24) is 4.72 Å². The zero-order valence-corrected chi connectivity index (χ0v) is 17.9. The average molecular weight is 443 g/mol. The highest BCUT2D eigenvalue weighted by Crippen LogP contribution is 2.25. The van der Waals surface area contributed by atoms with Gasteiger partial charge in [0.25, 0.3) is 0 Å². The summed E-state index contributed by atoms with van der Waals surface area (Å²) < 4.78 is 50.6. The summed E-state index contributed by atoms with van der Waals surface area (Å²) >= 11 is 1.43. The van der Waals surface area contributed by atoms with Crippen molar-refractivity contribution < 1.29 is 21.6 Å². The van der Waals surface area contributed by atoms with E-state index in [1.807, 2.05) is 18.4 Å². The number of rotatable bonds is 9. The van der Waals surface area contributed by atoms with Gasteiger partial charge in [0.1, 0.15) is 15.9 Å². The van der Waals surface area contributed by atoms with Gasteiger partial charge in [0.2, 0.25) is 15.9 Å². The molecule has 0 spiro atoms. The lowest BCUT2D eigenvalue weighted by Crippen LogP contribution is -2.44. The standard InChI is InChI=1S/C18H22N2O5S3/c1-26-17-11-7-6-10-15(17)19-18(21)16(12-13-27(2,22)23)20-28(24,25)14-8-4-3-5-9-14/h3-11,16,20H,12-13H2,1-2H3,(H,19,21)/t16-/m1/s1. The first kappa shape index (κ1) is 22.4. The molecule has 152 valence electrons. The van der Waals surface area contributed by atoms with Crippen molar-refractivity contribution in [3.63, 3.8) is 0 Å². The van der Waals surface area contributed by atoms with E-state index in [9.17, 15) is 21.6 Å². The van der Waals surface area contributed by atoms with Crippen molar-refractivity contribution in [2.24, 2.45) is 0 Å². The normalized spacial score (nSPS) is 13.1. The third kappa shape index (κ3) is 6.62. The first-order valence-electron chi connectivity index (χ1n) is 8.31. The average Bonchev–Trinajstić information content (AvgIpc) is 2.65. The summed E-state index contributed by atoms with van der Waals surface area (Å²) in [4.78, 5) is 13.6. The van der Waals surface area contributed by atoms with E-state index in [2.05, 4.69) is 10.0 Å². The van der Waals surface area contributed by atoms with Crippen molar-refractivity contribution in [2.45, 2.75) is 22.3 Å². The van der Waals surface area contributed by atoms with Crippen LogP contribution < -0.4 is 10.0 Å². The molecule has 0 bridgehead atoms. The van der Waals surface area contributed by atoms with Gasteiger partial charge in [0, 0.05) is 11.2 Å². The lowest BCUT2D eigenvalue weighted by molar-refractivity contribution is -0.117. The third-order valence-electron chi connectivity index (χ3n) is 3.81. The fraction of sp³-hybridized carbons (Fsp3) is 0.278. The lowest BCUT2D eigenvalue weighted by Gasteiger charge is -2.19. The third-order valence-corrected chi connectivity index (χ3v) is 7.07. The van der Waals surface area contributed by atoms with Gasteiger partial charge in [-0.25, -0.2) is 16.8 Å². The van der Waals surface area contributed by atoms with Crippen LogP contribution in [0.5, 0.6) is 0 Å². The summed E-state index contributed by atoms with van der Waals surface area (Å²) in [5.41, 5.74) is 0.531. The van der Waals surface area contributed by atoms with Crippen LogP contribution in [0.1, 0.15) is 6.42 Å². The summed E-state index contributed by atoms with van der Waals surface area (Å²) in [7, 11) is -7.37. The minimum atomic E-state index is -3.99. The predicted molar refractivity (Wildman–Crippen MR) is 112 cm³/mol. The molecular weight excluding hydrogens is 420 g/mol. The molecule has 10 heteroatoms. The molecule has 7 nitrogen and oxygen atoms in total. The largest absolute Gasteiger partial charge is 0.324 e. The molecule has 0 aliphatic heterocycles. The number of sulfone groups is 1. The molecule has 0 fully saturated rings. The van der Waals surface area contributed by atoms with E-state index in [4.69, 9.17) is 0 Å². The Balaban J connectivity index is 2.27. The second kappa shape index (κ2) is 9.55. The number of carbonyl (C=O) groups excluding carboxylic acids is 1. The van der Waals surface area contributed by atoms with Gasteiger partial charge in [-0.1, -0.05) is 30.3 Å². The molecule has 2 rings (SSSR count). The number of amides is 1. The molecule has 1 amide bonds. The fourth-order valence-corrected chi connectivity index (χ4v) is 4.87. The molecule has 2 aromatic carbocycles. The number of thioether (sulfide) groups is 1. The quantitative estimate of drug-likeness (QED) is 0.576. The molecular formula is C18H22N2O5S3. The number of carbonyl (C=O) groups is 1. The Labute approximate surface area is 169 Å². The molecule has 0 aliphatic carbocycles. The Morgan fingerprint density at radius 3 is 2.21 bits per heavy atom. The van der Waals surface area contributed by atoms with Gasteiger partial charge < -0.3 is 5.32 Å². The van der Waals surface area contributed by atoms with E-state index >= 15 is 0 Å². The van der Waals surface area contributed by atoms with Crippen LogP contribution in [0, 0.1) is 0 Å². The minimum Gasteiger partial charge on any atom is -0.324 e. The Hall–Kier alpha value is -1.88. The topological polar surface area (TPSA) is 109 Å². The lowest BCUT2D eigenvalue weighted by atomic mass is 10.2. The molecule has 1 atom stereocenters. The number of nitrogens with one attached hydrogen (secondary N) is 2. The van der Waals surface area contributed by atoms with Gasteiger partial charge in [-0.05, 0) is 36.9 Å². The van der Waals surface area contributed by atoms with Crippen LogP contribution in [0.25, 0.3) is 0 Å². The highest BCUT2D eigenvalue weighted by Gasteiger charge is 2.27. The van der Waals surface area contributed by atoms with Crippen LogP contribution in [0.4, 0.5) is 5.69 Å². The van der Waals surface area contributed by atoms with E-state index in [0.717, 1.165) is 11.2 Å². The predicted octanol–water partition coefficient (Wildman–Crippen LogP) is 2.13. The molecule has 2 aromatic rings. The maximum atomic E-state index is 12.8. The molecule has 2 N–H and O–H groups in total. The maximum absolute atomic E-state index is 12.8. The maximum Gasteiger partial charge on any atom is 0.242 e. The summed E-state index contributed by atoms with van der Waals surface area (Å²) in [5, 5.41) is 2.69. The molecule has 0 radical (unpaired) electrons. The summed E-state index contributed by atoms with van der Waals surface area (Å²) in [6.07, 6.45) is 2.71. The van der Waals surface area contributed by atoms with E-state index in [0.29, 0.717) is 5.69 Å². The number of sulfonamides is 1. The Morgan fingerprint density at radius 2 is 1.61 bits per heavy atom. The Kier molecular flexibility index (Phi) is 7.64. The molecule has 0 aliphatic rings. The number of hydrogen-bond donors (Lipinski definition) is 2. The number of para-hydroxylation sites is 1. The van der Waals surface area contributed by atoms with Crippen LogP contribution in [0.15, 0.2) is 64.4 Å². The molecule has 0 aromatic heterocycles. The van der Waals surface area contributed by atoms with Crippen molar-refractivity contribution in [1.29, 1.82) is 0 Å². The summed E-state index contributed by atoms with van der Waals surface area (Å²) in [6, 6.07) is 13.4. The smallest absolute Gasteiger partial charge is 0.242 e. The van der Waals surface area contributed by atoms with Gasteiger partial charge in [-0.15, -0.1) is 11.8 Å². The molecule has 0 saturated carbocycles. The van der Waals surface area contributed by atoms with Crippen molar-refractivity contribution in [3.05, 3.63) is 54.6 Å². The molecule has 0 heterocycles.